The molecule has 0 N–H and O–H groups in total. The second kappa shape index (κ2) is 7.95. The normalized spacial score (nSPS) is 17.6. The highest BCUT2D eigenvalue weighted by atomic mass is 19.1. The number of pyridine rings is 1. The van der Waals surface area contributed by atoms with Crippen LogP contribution in [0.2, 0.25) is 0 Å². The lowest BCUT2D eigenvalue weighted by atomic mass is 10.2. The van der Waals surface area contributed by atoms with E-state index in [-0.39, 0.29) is 28.8 Å². The summed E-state index contributed by atoms with van der Waals surface area (Å²) in [6.45, 7) is 3.22. The summed E-state index contributed by atoms with van der Waals surface area (Å²) in [6.07, 6.45) is 3.44. The van der Waals surface area contributed by atoms with Crippen molar-refractivity contribution in [2.75, 3.05) is 26.2 Å². The Morgan fingerprint density at radius 3 is 2.68 bits per heavy atom. The van der Waals surface area contributed by atoms with E-state index >= 15 is 0 Å². The molecule has 2 fully saturated rings. The van der Waals surface area contributed by atoms with Crippen molar-refractivity contribution in [3.05, 3.63) is 53.6 Å². The summed E-state index contributed by atoms with van der Waals surface area (Å²) in [5.74, 6) is -0.588. The predicted molar refractivity (Wildman–Crippen MR) is 101 cm³/mol. The molecule has 4 rings (SSSR count). The van der Waals surface area contributed by atoms with Gasteiger partial charge in [0.2, 0.25) is 0 Å². The Hall–Kier alpha value is -2.98. The molecule has 7 heteroatoms. The number of nitriles is 1. The average Bonchev–Trinajstić information content (AvgIpc) is 3.56. The molecule has 2 heterocycles. The van der Waals surface area contributed by atoms with Crippen LogP contribution in [-0.2, 0) is 0 Å². The monoisotopic (exact) mass is 380 g/mol. The molecule has 144 valence electrons. The van der Waals surface area contributed by atoms with Crippen LogP contribution in [-0.4, -0.2) is 52.9 Å². The molecule has 1 saturated heterocycles. The topological polar surface area (TPSA) is 69.5 Å². The Bertz CT molecular complexity index is 923. The molecule has 0 unspecified atom stereocenters. The maximum atomic E-state index is 13.8. The number of halogens is 1. The predicted octanol–water partition coefficient (Wildman–Crippen LogP) is 3.19. The van der Waals surface area contributed by atoms with E-state index in [0.29, 0.717) is 19.1 Å². The van der Waals surface area contributed by atoms with Gasteiger partial charge in [-0.15, -0.1) is 0 Å². The van der Waals surface area contributed by atoms with Crippen LogP contribution < -0.4 is 4.74 Å². The number of carbonyl (C=O) groups excluding carboxylic acids is 1. The van der Waals surface area contributed by atoms with E-state index in [1.54, 1.807) is 17.0 Å². The smallest absolute Gasteiger partial charge is 0.272 e. The van der Waals surface area contributed by atoms with Crippen molar-refractivity contribution in [3.63, 3.8) is 0 Å². The van der Waals surface area contributed by atoms with Crippen molar-refractivity contribution in [1.82, 2.24) is 14.8 Å². The number of benzene rings is 1. The molecule has 6 nitrogen and oxygen atoms in total. The number of amides is 1. The number of hydrogen-bond acceptors (Lipinski definition) is 5. The molecule has 1 saturated carbocycles. The van der Waals surface area contributed by atoms with Gasteiger partial charge in [-0.1, -0.05) is 12.1 Å². The molecular weight excluding hydrogens is 359 g/mol. The first-order valence-electron chi connectivity index (χ1n) is 9.52. The van der Waals surface area contributed by atoms with Crippen LogP contribution in [0, 0.1) is 17.1 Å². The molecule has 1 amide bonds. The standard InChI is InChI=1S/C21H21FN4O2/c22-16-4-1-2-5-19(16)28-20-9-8-17(24-18(20)14-23)21(27)26-11-3-10-25(12-13-26)15-6-7-15/h1-2,4-5,8-9,15H,3,6-7,10-13H2. The van der Waals surface area contributed by atoms with Crippen LogP contribution in [0.1, 0.15) is 35.4 Å². The van der Waals surface area contributed by atoms with Gasteiger partial charge in [0.05, 0.1) is 0 Å². The minimum absolute atomic E-state index is 0.00700. The van der Waals surface area contributed by atoms with E-state index in [4.69, 9.17) is 4.74 Å². The van der Waals surface area contributed by atoms with Gasteiger partial charge in [-0.3, -0.25) is 9.69 Å². The second-order valence-corrected chi connectivity index (χ2v) is 7.10. The third kappa shape index (κ3) is 3.97. The van der Waals surface area contributed by atoms with Gasteiger partial charge in [0.25, 0.3) is 5.91 Å². The Morgan fingerprint density at radius 2 is 1.93 bits per heavy atom. The number of ether oxygens (including phenoxy) is 1. The van der Waals surface area contributed by atoms with E-state index in [1.165, 1.54) is 37.1 Å². The fraction of sp³-hybridized carbons (Fsp3) is 0.381. The fourth-order valence-electron chi connectivity index (χ4n) is 3.48. The lowest BCUT2D eigenvalue weighted by molar-refractivity contribution is 0.0755. The maximum absolute atomic E-state index is 13.8. The highest BCUT2D eigenvalue weighted by molar-refractivity contribution is 5.92. The molecule has 0 spiro atoms. The van der Waals surface area contributed by atoms with E-state index < -0.39 is 5.82 Å². The van der Waals surface area contributed by atoms with Crippen molar-refractivity contribution in [1.29, 1.82) is 5.26 Å². The number of rotatable bonds is 4. The maximum Gasteiger partial charge on any atom is 0.272 e. The summed E-state index contributed by atoms with van der Waals surface area (Å²) in [6, 6.07) is 11.6. The lowest BCUT2D eigenvalue weighted by Crippen LogP contribution is -2.36. The van der Waals surface area contributed by atoms with Crippen LogP contribution in [0.25, 0.3) is 0 Å². The van der Waals surface area contributed by atoms with Gasteiger partial charge in [0.15, 0.2) is 23.0 Å². The minimum atomic E-state index is -0.531. The first-order valence-corrected chi connectivity index (χ1v) is 9.52. The van der Waals surface area contributed by atoms with Crippen molar-refractivity contribution in [2.24, 2.45) is 0 Å². The summed E-state index contributed by atoms with van der Waals surface area (Å²) in [5, 5.41) is 9.41. The van der Waals surface area contributed by atoms with E-state index in [2.05, 4.69) is 9.88 Å². The number of carbonyl (C=O) groups is 1. The summed E-state index contributed by atoms with van der Waals surface area (Å²) >= 11 is 0. The SMILES string of the molecule is N#Cc1nc(C(=O)N2CCCN(C3CC3)CC2)ccc1Oc1ccccc1F. The van der Waals surface area contributed by atoms with Gasteiger partial charge in [-0.2, -0.15) is 5.26 Å². The summed E-state index contributed by atoms with van der Waals surface area (Å²) in [5.41, 5.74) is 0.167. The highest BCUT2D eigenvalue weighted by Gasteiger charge is 2.31. The van der Waals surface area contributed by atoms with Gasteiger partial charge in [-0.05, 0) is 43.5 Å². The Morgan fingerprint density at radius 1 is 1.11 bits per heavy atom. The molecule has 1 aromatic heterocycles. The Balaban J connectivity index is 1.49. The zero-order valence-electron chi connectivity index (χ0n) is 15.5. The van der Waals surface area contributed by atoms with Crippen LogP contribution in [0.4, 0.5) is 4.39 Å². The molecule has 28 heavy (non-hydrogen) atoms. The summed E-state index contributed by atoms with van der Waals surface area (Å²) in [7, 11) is 0. The van der Waals surface area contributed by atoms with Gasteiger partial charge in [0, 0.05) is 32.2 Å². The minimum Gasteiger partial charge on any atom is -0.451 e. The lowest BCUT2D eigenvalue weighted by Gasteiger charge is -2.21. The highest BCUT2D eigenvalue weighted by Crippen LogP contribution is 2.28. The first-order chi connectivity index (χ1) is 13.7. The van der Waals surface area contributed by atoms with Crippen LogP contribution >= 0.6 is 0 Å². The van der Waals surface area contributed by atoms with Crippen molar-refractivity contribution < 1.29 is 13.9 Å². The number of nitrogens with zero attached hydrogens (tertiary/aromatic N) is 4. The van der Waals surface area contributed by atoms with Crippen molar-refractivity contribution in [3.8, 4) is 17.6 Å². The molecule has 1 aliphatic heterocycles. The molecule has 0 atom stereocenters. The van der Waals surface area contributed by atoms with Gasteiger partial charge < -0.3 is 9.64 Å². The molecule has 1 aromatic carbocycles. The summed E-state index contributed by atoms with van der Waals surface area (Å²) in [4.78, 5) is 21.3. The molecule has 0 radical (unpaired) electrons. The van der Waals surface area contributed by atoms with Gasteiger partial charge in [-0.25, -0.2) is 9.37 Å². The second-order valence-electron chi connectivity index (χ2n) is 7.10. The largest absolute Gasteiger partial charge is 0.451 e. The Labute approximate surface area is 163 Å². The number of hydrogen-bond donors (Lipinski definition) is 0. The van der Waals surface area contributed by atoms with Crippen LogP contribution in [0.15, 0.2) is 36.4 Å². The third-order valence-electron chi connectivity index (χ3n) is 5.12. The average molecular weight is 380 g/mol. The zero-order chi connectivity index (χ0) is 19.5. The van der Waals surface area contributed by atoms with Crippen molar-refractivity contribution in [2.45, 2.75) is 25.3 Å². The third-order valence-corrected chi connectivity index (χ3v) is 5.12. The van der Waals surface area contributed by atoms with E-state index in [0.717, 1.165) is 19.5 Å². The Kier molecular flexibility index (Phi) is 5.22. The zero-order valence-corrected chi connectivity index (χ0v) is 15.5. The molecule has 2 aliphatic rings. The molecule has 2 aromatic rings. The molecule has 0 bridgehead atoms. The fourth-order valence-corrected chi connectivity index (χ4v) is 3.48. The van der Waals surface area contributed by atoms with E-state index in [9.17, 15) is 14.4 Å². The van der Waals surface area contributed by atoms with Crippen LogP contribution in [0.3, 0.4) is 0 Å². The molecular formula is C21H21FN4O2. The summed E-state index contributed by atoms with van der Waals surface area (Å²) < 4.78 is 19.3. The quantitative estimate of drug-likeness (QED) is 0.815. The molecule has 1 aliphatic carbocycles. The van der Waals surface area contributed by atoms with Gasteiger partial charge >= 0.3 is 0 Å². The number of para-hydroxylation sites is 1. The van der Waals surface area contributed by atoms with Crippen molar-refractivity contribution >= 4 is 5.91 Å². The van der Waals surface area contributed by atoms with Gasteiger partial charge in [0.1, 0.15) is 11.8 Å². The van der Waals surface area contributed by atoms with E-state index in [1.807, 2.05) is 6.07 Å². The van der Waals surface area contributed by atoms with Crippen LogP contribution in [0.5, 0.6) is 11.5 Å². The first kappa shape index (κ1) is 18.4. The number of aromatic nitrogens is 1.